The van der Waals surface area contributed by atoms with Crippen molar-refractivity contribution < 1.29 is 43.8 Å². The number of hydrogen-bond acceptors (Lipinski definition) is 4. The Hall–Kier alpha value is -0.973. The van der Waals surface area contributed by atoms with Gasteiger partial charge in [-0.15, -0.1) is 0 Å². The van der Waals surface area contributed by atoms with Crippen molar-refractivity contribution in [2.75, 3.05) is 0 Å². The number of hydrogen-bond donors (Lipinski definition) is 5. The predicted molar refractivity (Wildman–Crippen MR) is 58.0 cm³/mol. The first kappa shape index (κ1) is 29.8. The fraction of sp³-hybridized carbons (Fsp3) is 0.500. The Morgan fingerprint density at radius 3 is 0.765 bits per heavy atom. The van der Waals surface area contributed by atoms with Gasteiger partial charge in [-0.25, -0.2) is 0 Å². The van der Waals surface area contributed by atoms with Gasteiger partial charge in [0.15, 0.2) is 0 Å². The van der Waals surface area contributed by atoms with Gasteiger partial charge in [0.1, 0.15) is 0 Å². The quantitative estimate of drug-likeness (QED) is 0.315. The molecule has 0 aromatic carbocycles. The number of carboxylic acid groups (broad SMARTS) is 3. The molecular weight excluding hydrogens is 267 g/mol. The zero-order valence-electron chi connectivity index (χ0n) is 8.87. The van der Waals surface area contributed by atoms with Gasteiger partial charge in [-0.05, 0) is 0 Å². The molecule has 0 heterocycles. The summed E-state index contributed by atoms with van der Waals surface area (Å²) in [7, 11) is -3.13. The molecule has 0 atom stereocenters. The van der Waals surface area contributed by atoms with Crippen LogP contribution in [0.3, 0.4) is 0 Å². The molecule has 0 aliphatic heterocycles. The van der Waals surface area contributed by atoms with Crippen molar-refractivity contribution >= 4 is 56.6 Å². The molecule has 0 amide bonds. The average Bonchev–Trinajstić information content (AvgIpc) is 1.76. The minimum atomic E-state index is -3.13. The van der Waals surface area contributed by atoms with Gasteiger partial charge >= 0.3 is 38.7 Å². The molecule has 0 aromatic heterocycles. The second-order valence-electron chi connectivity index (χ2n) is 1.84. The molecule has 0 saturated carbocycles. The van der Waals surface area contributed by atoms with Crippen molar-refractivity contribution in [3.05, 3.63) is 0 Å². The fourth-order valence-electron chi connectivity index (χ4n) is 0. The van der Waals surface area contributed by atoms with E-state index in [4.69, 9.17) is 43.8 Å². The van der Waals surface area contributed by atoms with Gasteiger partial charge in [-0.3, -0.25) is 18.8 Å². The topological polar surface area (TPSA) is 169 Å². The molecule has 0 aliphatic rings. The summed E-state index contributed by atoms with van der Waals surface area (Å²) < 4.78 is 8.74. The molecule has 11 heteroatoms. The van der Waals surface area contributed by atoms with E-state index in [0.29, 0.717) is 0 Å². The standard InChI is InChI=1S/3C2H4O2.Na.H2O3Si.H/c3*1-2(3)4;;1-4(2)3;/h3*1H3,(H,3,4);;1-2H;. The maximum atomic E-state index is 9.00. The number of carboxylic acids is 3. The van der Waals surface area contributed by atoms with E-state index in [0.717, 1.165) is 20.8 Å². The monoisotopic (exact) mass is 282 g/mol. The second-order valence-corrected chi connectivity index (χ2v) is 2.40. The van der Waals surface area contributed by atoms with Crippen LogP contribution in [0.1, 0.15) is 20.8 Å². The van der Waals surface area contributed by atoms with Gasteiger partial charge in [-0.1, -0.05) is 0 Å². The van der Waals surface area contributed by atoms with Crippen LogP contribution in [0.15, 0.2) is 0 Å². The van der Waals surface area contributed by atoms with Crippen LogP contribution in [0.4, 0.5) is 0 Å². The Morgan fingerprint density at radius 2 is 0.765 bits per heavy atom. The van der Waals surface area contributed by atoms with Gasteiger partial charge in [0, 0.05) is 20.8 Å². The van der Waals surface area contributed by atoms with Gasteiger partial charge in [0.25, 0.3) is 17.9 Å². The van der Waals surface area contributed by atoms with E-state index in [1.54, 1.807) is 0 Å². The molecule has 0 aliphatic carbocycles. The summed E-state index contributed by atoms with van der Waals surface area (Å²) in [4.78, 5) is 41.3. The fourth-order valence-corrected chi connectivity index (χ4v) is 0. The van der Waals surface area contributed by atoms with Gasteiger partial charge in [0.2, 0.25) is 0 Å². The number of aliphatic carboxylic acids is 3. The zero-order valence-corrected chi connectivity index (χ0v) is 9.87. The average molecular weight is 282 g/mol. The third-order valence-corrected chi connectivity index (χ3v) is 0. The van der Waals surface area contributed by atoms with E-state index < -0.39 is 27.1 Å². The third-order valence-electron chi connectivity index (χ3n) is 0. The van der Waals surface area contributed by atoms with Crippen LogP contribution in [-0.4, -0.2) is 81.5 Å². The van der Waals surface area contributed by atoms with E-state index in [1.165, 1.54) is 0 Å². The van der Waals surface area contributed by atoms with E-state index in [-0.39, 0.29) is 29.6 Å². The summed E-state index contributed by atoms with van der Waals surface area (Å²) in [5.74, 6) is -2.50. The van der Waals surface area contributed by atoms with Crippen molar-refractivity contribution in [2.45, 2.75) is 20.8 Å². The first-order chi connectivity index (χ1) is 6.93. The van der Waals surface area contributed by atoms with Crippen molar-refractivity contribution in [2.24, 2.45) is 0 Å². The normalized spacial score (nSPS) is 5.82. The predicted octanol–water partition coefficient (Wildman–Crippen LogP) is -1.99. The molecule has 9 nitrogen and oxygen atoms in total. The molecule has 0 rings (SSSR count). The van der Waals surface area contributed by atoms with Crippen molar-refractivity contribution in [1.29, 1.82) is 0 Å². The minimum absolute atomic E-state index is 0. The molecule has 0 saturated heterocycles. The third kappa shape index (κ3) is 2690. The van der Waals surface area contributed by atoms with E-state index in [1.807, 2.05) is 0 Å². The maximum absolute atomic E-state index is 9.00. The molecule has 0 bridgehead atoms. The van der Waals surface area contributed by atoms with Crippen LogP contribution in [0, 0.1) is 0 Å². The Labute approximate surface area is 121 Å². The molecule has 0 fully saturated rings. The Kier molecular flexibility index (Phi) is 42.6. The Morgan fingerprint density at radius 1 is 0.765 bits per heavy atom. The van der Waals surface area contributed by atoms with E-state index >= 15 is 0 Å². The zero-order chi connectivity index (χ0) is 14.3. The van der Waals surface area contributed by atoms with E-state index in [9.17, 15) is 0 Å². The van der Waals surface area contributed by atoms with Crippen LogP contribution >= 0.6 is 0 Å². The summed E-state index contributed by atoms with van der Waals surface area (Å²) >= 11 is 0. The van der Waals surface area contributed by atoms with E-state index in [2.05, 4.69) is 0 Å². The number of rotatable bonds is 0. The van der Waals surface area contributed by atoms with Crippen molar-refractivity contribution in [3.63, 3.8) is 0 Å². The molecule has 5 N–H and O–H groups in total. The van der Waals surface area contributed by atoms with Crippen molar-refractivity contribution in [1.82, 2.24) is 0 Å². The van der Waals surface area contributed by atoms with Gasteiger partial charge in [0.05, 0.1) is 0 Å². The first-order valence-corrected chi connectivity index (χ1v) is 4.74. The second kappa shape index (κ2) is 24.3. The van der Waals surface area contributed by atoms with Crippen LogP contribution in [0.25, 0.3) is 0 Å². The summed E-state index contributed by atoms with van der Waals surface area (Å²) in [6.07, 6.45) is 0. The Bertz CT molecular complexity index is 166. The summed E-state index contributed by atoms with van der Waals surface area (Å²) in [6.45, 7) is 3.25. The van der Waals surface area contributed by atoms with Crippen LogP contribution in [0.5, 0.6) is 0 Å². The molecule has 0 spiro atoms. The van der Waals surface area contributed by atoms with Gasteiger partial charge in [-0.2, -0.15) is 0 Å². The van der Waals surface area contributed by atoms with Gasteiger partial charge < -0.3 is 24.9 Å². The summed E-state index contributed by atoms with van der Waals surface area (Å²) in [6, 6.07) is 0. The first-order valence-electron chi connectivity index (χ1n) is 3.43. The van der Waals surface area contributed by atoms with Crippen LogP contribution in [-0.2, 0) is 18.8 Å². The van der Waals surface area contributed by atoms with Crippen molar-refractivity contribution in [3.8, 4) is 0 Å². The van der Waals surface area contributed by atoms with Crippen LogP contribution in [0.2, 0.25) is 0 Å². The number of carbonyl (C=O) groups is 3. The molecule has 0 unspecified atom stereocenters. The van der Waals surface area contributed by atoms with Crippen LogP contribution < -0.4 is 0 Å². The molecule has 0 aromatic rings. The summed E-state index contributed by atoms with van der Waals surface area (Å²) in [5.41, 5.74) is 0. The SMILES string of the molecule is CC(=O)O.CC(=O)O.CC(=O)O.O=[Si](O)O.[NaH]. The molecule has 17 heavy (non-hydrogen) atoms. The summed E-state index contributed by atoms with van der Waals surface area (Å²) in [5, 5.41) is 22.2. The Balaban J connectivity index is -0.0000000369. The molecular formula is C6H15NaO9Si. The molecule has 98 valence electrons. The molecule has 0 radical (unpaired) electrons.